The van der Waals surface area contributed by atoms with Crippen LogP contribution >= 0.6 is 0 Å². The molecule has 90 valence electrons. The van der Waals surface area contributed by atoms with Gasteiger partial charge in [0.05, 0.1) is 6.10 Å². The Morgan fingerprint density at radius 1 is 1.12 bits per heavy atom. The van der Waals surface area contributed by atoms with Crippen LogP contribution in [-0.4, -0.2) is 23.8 Å². The van der Waals surface area contributed by atoms with E-state index in [4.69, 9.17) is 0 Å². The van der Waals surface area contributed by atoms with Gasteiger partial charge in [-0.1, -0.05) is 37.3 Å². The molecule has 0 fully saturated rings. The highest BCUT2D eigenvalue weighted by molar-refractivity contribution is 5.18. The zero-order chi connectivity index (χ0) is 12.0. The third-order valence-electron chi connectivity index (χ3n) is 2.84. The summed E-state index contributed by atoms with van der Waals surface area (Å²) < 4.78 is 0. The second-order valence-corrected chi connectivity index (χ2v) is 4.71. The highest BCUT2D eigenvalue weighted by Crippen LogP contribution is 2.13. The Balaban J connectivity index is 2.33. The van der Waals surface area contributed by atoms with Gasteiger partial charge in [0, 0.05) is 12.6 Å². The Morgan fingerprint density at radius 2 is 1.75 bits per heavy atom. The Bertz CT molecular complexity index is 284. The average Bonchev–Trinajstić information content (AvgIpc) is 2.26. The first kappa shape index (κ1) is 13.2. The summed E-state index contributed by atoms with van der Waals surface area (Å²) in [4.78, 5) is 0. The van der Waals surface area contributed by atoms with Crippen molar-refractivity contribution in [2.75, 3.05) is 6.54 Å². The lowest BCUT2D eigenvalue weighted by Crippen LogP contribution is -2.32. The Kier molecular flexibility index (Phi) is 5.50. The minimum atomic E-state index is -0.227. The molecule has 1 rings (SSSR count). The molecule has 2 heteroatoms. The van der Waals surface area contributed by atoms with Gasteiger partial charge >= 0.3 is 0 Å². The van der Waals surface area contributed by atoms with E-state index in [0.717, 1.165) is 13.0 Å². The van der Waals surface area contributed by atoms with Crippen LogP contribution in [0.5, 0.6) is 0 Å². The Labute approximate surface area is 98.7 Å². The first-order valence-electron chi connectivity index (χ1n) is 6.06. The molecule has 1 aromatic carbocycles. The Hall–Kier alpha value is -0.860. The predicted molar refractivity (Wildman–Crippen MR) is 68.6 cm³/mol. The smallest absolute Gasteiger partial charge is 0.0526 e. The first-order chi connectivity index (χ1) is 7.59. The molecule has 0 radical (unpaired) electrons. The van der Waals surface area contributed by atoms with Crippen LogP contribution < -0.4 is 5.32 Å². The molecular weight excluding hydrogens is 198 g/mol. The van der Waals surface area contributed by atoms with Crippen LogP contribution in [0.4, 0.5) is 0 Å². The molecule has 0 aliphatic heterocycles. The van der Waals surface area contributed by atoms with E-state index in [9.17, 15) is 5.11 Å². The molecule has 0 amide bonds. The van der Waals surface area contributed by atoms with Crippen molar-refractivity contribution >= 4 is 0 Å². The van der Waals surface area contributed by atoms with Crippen molar-refractivity contribution in [2.24, 2.45) is 0 Å². The summed E-state index contributed by atoms with van der Waals surface area (Å²) in [6.45, 7) is 7.12. The van der Waals surface area contributed by atoms with E-state index in [0.29, 0.717) is 12.0 Å². The van der Waals surface area contributed by atoms with Crippen molar-refractivity contribution in [3.05, 3.63) is 35.9 Å². The number of aliphatic hydroxyl groups excluding tert-OH is 1. The van der Waals surface area contributed by atoms with Crippen molar-refractivity contribution in [2.45, 2.75) is 45.3 Å². The van der Waals surface area contributed by atoms with Gasteiger partial charge in [0.25, 0.3) is 0 Å². The lowest BCUT2D eigenvalue weighted by molar-refractivity contribution is 0.170. The second kappa shape index (κ2) is 6.66. The van der Waals surface area contributed by atoms with Crippen molar-refractivity contribution in [3.8, 4) is 0 Å². The molecule has 0 saturated carbocycles. The predicted octanol–water partition coefficient (Wildman–Crippen LogP) is 2.54. The fourth-order valence-electron chi connectivity index (χ4n) is 1.87. The molecule has 2 N–H and O–H groups in total. The number of benzene rings is 1. The second-order valence-electron chi connectivity index (χ2n) is 4.71. The third kappa shape index (κ3) is 4.77. The van der Waals surface area contributed by atoms with E-state index in [1.165, 1.54) is 5.56 Å². The van der Waals surface area contributed by atoms with Crippen LogP contribution in [0.2, 0.25) is 0 Å². The standard InChI is InChI=1S/C14H23NO/c1-11(14-7-5-4-6-8-14)10-15-12(2)9-13(3)16/h4-8,11-13,15-16H,9-10H2,1-3H3. The maximum absolute atomic E-state index is 9.27. The number of aliphatic hydroxyl groups is 1. The summed E-state index contributed by atoms with van der Waals surface area (Å²) >= 11 is 0. The molecule has 2 nitrogen and oxygen atoms in total. The first-order valence-corrected chi connectivity index (χ1v) is 6.06. The number of hydrogen-bond acceptors (Lipinski definition) is 2. The van der Waals surface area contributed by atoms with Crippen LogP contribution in [0.25, 0.3) is 0 Å². The van der Waals surface area contributed by atoms with Crippen molar-refractivity contribution in [1.29, 1.82) is 0 Å². The van der Waals surface area contributed by atoms with Crippen LogP contribution in [-0.2, 0) is 0 Å². The van der Waals surface area contributed by atoms with E-state index in [1.54, 1.807) is 0 Å². The van der Waals surface area contributed by atoms with Gasteiger partial charge in [-0.2, -0.15) is 0 Å². The third-order valence-corrected chi connectivity index (χ3v) is 2.84. The van der Waals surface area contributed by atoms with E-state index in [1.807, 2.05) is 13.0 Å². The molecular formula is C14H23NO. The average molecular weight is 221 g/mol. The largest absolute Gasteiger partial charge is 0.393 e. The highest BCUT2D eigenvalue weighted by atomic mass is 16.3. The Morgan fingerprint density at radius 3 is 2.31 bits per heavy atom. The molecule has 0 saturated heterocycles. The number of nitrogens with one attached hydrogen (secondary N) is 1. The zero-order valence-electron chi connectivity index (χ0n) is 10.5. The highest BCUT2D eigenvalue weighted by Gasteiger charge is 2.08. The van der Waals surface area contributed by atoms with Gasteiger partial charge in [-0.05, 0) is 31.7 Å². The fraction of sp³-hybridized carbons (Fsp3) is 0.571. The monoisotopic (exact) mass is 221 g/mol. The molecule has 0 aromatic heterocycles. The number of rotatable bonds is 6. The van der Waals surface area contributed by atoms with Gasteiger partial charge in [0.15, 0.2) is 0 Å². The lowest BCUT2D eigenvalue weighted by Gasteiger charge is -2.19. The van der Waals surface area contributed by atoms with Gasteiger partial charge in [0.2, 0.25) is 0 Å². The molecule has 3 unspecified atom stereocenters. The molecule has 1 aromatic rings. The van der Waals surface area contributed by atoms with E-state index >= 15 is 0 Å². The summed E-state index contributed by atoms with van der Waals surface area (Å²) in [5.74, 6) is 0.512. The molecule has 0 bridgehead atoms. The van der Waals surface area contributed by atoms with Crippen molar-refractivity contribution in [1.82, 2.24) is 5.32 Å². The van der Waals surface area contributed by atoms with Gasteiger partial charge in [-0.3, -0.25) is 0 Å². The maximum atomic E-state index is 9.27. The van der Waals surface area contributed by atoms with Crippen LogP contribution in [0.15, 0.2) is 30.3 Å². The summed E-state index contributed by atoms with van der Waals surface area (Å²) in [6, 6.07) is 10.9. The topological polar surface area (TPSA) is 32.3 Å². The molecule has 0 spiro atoms. The SMILES string of the molecule is CC(O)CC(C)NCC(C)c1ccccc1. The lowest BCUT2D eigenvalue weighted by atomic mass is 10.0. The van der Waals surface area contributed by atoms with E-state index in [-0.39, 0.29) is 6.10 Å². The van der Waals surface area contributed by atoms with Gasteiger partial charge < -0.3 is 10.4 Å². The molecule has 16 heavy (non-hydrogen) atoms. The summed E-state index contributed by atoms with van der Waals surface area (Å²) in [5, 5.41) is 12.7. The van der Waals surface area contributed by atoms with Crippen LogP contribution in [0, 0.1) is 0 Å². The zero-order valence-corrected chi connectivity index (χ0v) is 10.5. The van der Waals surface area contributed by atoms with Crippen LogP contribution in [0.3, 0.4) is 0 Å². The fourth-order valence-corrected chi connectivity index (χ4v) is 1.87. The van der Waals surface area contributed by atoms with Crippen molar-refractivity contribution in [3.63, 3.8) is 0 Å². The maximum Gasteiger partial charge on any atom is 0.0526 e. The van der Waals surface area contributed by atoms with Crippen molar-refractivity contribution < 1.29 is 5.11 Å². The number of hydrogen-bond donors (Lipinski definition) is 2. The van der Waals surface area contributed by atoms with Gasteiger partial charge in [-0.25, -0.2) is 0 Å². The van der Waals surface area contributed by atoms with Gasteiger partial charge in [-0.15, -0.1) is 0 Å². The minimum Gasteiger partial charge on any atom is -0.393 e. The normalized spacial score (nSPS) is 16.8. The van der Waals surface area contributed by atoms with E-state index < -0.39 is 0 Å². The van der Waals surface area contributed by atoms with Crippen LogP contribution in [0.1, 0.15) is 38.7 Å². The summed E-state index contributed by atoms with van der Waals surface area (Å²) in [5.41, 5.74) is 1.36. The quantitative estimate of drug-likeness (QED) is 0.773. The van der Waals surface area contributed by atoms with E-state index in [2.05, 4.69) is 43.4 Å². The molecule has 0 aliphatic carbocycles. The summed E-state index contributed by atoms with van der Waals surface area (Å²) in [6.07, 6.45) is 0.580. The minimum absolute atomic E-state index is 0.227. The summed E-state index contributed by atoms with van der Waals surface area (Å²) in [7, 11) is 0. The molecule has 0 aliphatic rings. The molecule has 0 heterocycles. The molecule has 3 atom stereocenters. The van der Waals surface area contributed by atoms with Gasteiger partial charge in [0.1, 0.15) is 0 Å².